The van der Waals surface area contributed by atoms with Crippen LogP contribution >= 0.6 is 0 Å². The van der Waals surface area contributed by atoms with E-state index in [-0.39, 0.29) is 11.5 Å². The summed E-state index contributed by atoms with van der Waals surface area (Å²) in [4.78, 5) is 30.3. The number of nitrogens with zero attached hydrogens (tertiary/aromatic N) is 3. The van der Waals surface area contributed by atoms with E-state index in [1.54, 1.807) is 23.9 Å². The molecule has 29 heavy (non-hydrogen) atoms. The van der Waals surface area contributed by atoms with Gasteiger partial charge in [0.1, 0.15) is 0 Å². The van der Waals surface area contributed by atoms with Crippen molar-refractivity contribution < 1.29 is 9.53 Å². The molecule has 1 aliphatic rings. The molecule has 2 heterocycles. The number of benzene rings is 2. The lowest BCUT2D eigenvalue weighted by Gasteiger charge is -2.36. The summed E-state index contributed by atoms with van der Waals surface area (Å²) in [5.74, 6) is -0.0277. The third-order valence-electron chi connectivity index (χ3n) is 5.45. The van der Waals surface area contributed by atoms with Crippen LogP contribution < -0.4 is 10.5 Å². The van der Waals surface area contributed by atoms with Crippen molar-refractivity contribution in [3.05, 3.63) is 76.7 Å². The van der Waals surface area contributed by atoms with Crippen LogP contribution in [0, 0.1) is 0 Å². The van der Waals surface area contributed by atoms with Crippen LogP contribution in [-0.4, -0.2) is 55.3 Å². The number of anilines is 1. The number of piperazine rings is 1. The fraction of sp³-hybridized carbons (Fsp3) is 0.304. The second-order valence-corrected chi connectivity index (χ2v) is 7.19. The molecular formula is C23H25N3O3. The third kappa shape index (κ3) is 3.89. The molecule has 1 aliphatic heterocycles. The smallest absolute Gasteiger partial charge is 0.258 e. The van der Waals surface area contributed by atoms with Gasteiger partial charge in [-0.3, -0.25) is 9.59 Å². The summed E-state index contributed by atoms with van der Waals surface area (Å²) in [6, 6.07) is 17.6. The van der Waals surface area contributed by atoms with Crippen LogP contribution in [0.1, 0.15) is 10.4 Å². The largest absolute Gasteiger partial charge is 0.383 e. The van der Waals surface area contributed by atoms with E-state index >= 15 is 0 Å². The Labute approximate surface area is 169 Å². The zero-order valence-electron chi connectivity index (χ0n) is 16.6. The van der Waals surface area contributed by atoms with Gasteiger partial charge in [-0.15, -0.1) is 0 Å². The Bertz CT molecular complexity index is 1050. The first-order valence-corrected chi connectivity index (χ1v) is 9.89. The molecule has 3 aromatic rings. The Kier molecular flexibility index (Phi) is 5.62. The van der Waals surface area contributed by atoms with Crippen molar-refractivity contribution in [2.75, 3.05) is 44.8 Å². The molecule has 0 atom stereocenters. The van der Waals surface area contributed by atoms with E-state index in [2.05, 4.69) is 17.0 Å². The number of aromatic nitrogens is 1. The molecule has 0 spiro atoms. The first-order valence-electron chi connectivity index (χ1n) is 9.89. The highest BCUT2D eigenvalue weighted by Crippen LogP contribution is 2.20. The quantitative estimate of drug-likeness (QED) is 0.671. The van der Waals surface area contributed by atoms with Gasteiger partial charge in [0.2, 0.25) is 0 Å². The number of hydrogen-bond acceptors (Lipinski definition) is 4. The molecule has 0 unspecified atom stereocenters. The highest BCUT2D eigenvalue weighted by Gasteiger charge is 2.24. The van der Waals surface area contributed by atoms with Crippen molar-refractivity contribution in [1.29, 1.82) is 0 Å². The molecule has 0 radical (unpaired) electrons. The second kappa shape index (κ2) is 8.49. The number of hydrogen-bond donors (Lipinski definition) is 0. The standard InChI is InChI=1S/C23H25N3O3/c1-29-16-15-26-17-21(19-9-5-6-10-20(19)22(26)27)23(28)25-13-11-24(12-14-25)18-7-3-2-4-8-18/h2-10,17H,11-16H2,1H3. The maximum atomic E-state index is 13.4. The van der Waals surface area contributed by atoms with Crippen LogP contribution in [0.2, 0.25) is 0 Å². The van der Waals surface area contributed by atoms with E-state index < -0.39 is 0 Å². The highest BCUT2D eigenvalue weighted by molar-refractivity contribution is 6.06. The predicted octanol–water partition coefficient (Wildman–Crippen LogP) is 2.61. The Morgan fingerprint density at radius 3 is 2.28 bits per heavy atom. The number of pyridine rings is 1. The third-order valence-corrected chi connectivity index (χ3v) is 5.45. The predicted molar refractivity (Wildman–Crippen MR) is 115 cm³/mol. The van der Waals surface area contributed by atoms with Gasteiger partial charge >= 0.3 is 0 Å². The molecule has 6 nitrogen and oxygen atoms in total. The van der Waals surface area contributed by atoms with Gasteiger partial charge in [0, 0.05) is 62.5 Å². The molecule has 0 bridgehead atoms. The minimum absolute atomic E-state index is 0.0277. The number of rotatable bonds is 5. The molecule has 6 heteroatoms. The Morgan fingerprint density at radius 1 is 0.931 bits per heavy atom. The highest BCUT2D eigenvalue weighted by atomic mass is 16.5. The molecule has 0 N–H and O–H groups in total. The van der Waals surface area contributed by atoms with Crippen molar-refractivity contribution in [3.63, 3.8) is 0 Å². The van der Waals surface area contributed by atoms with Crippen LogP contribution in [0.15, 0.2) is 65.6 Å². The molecule has 150 valence electrons. The van der Waals surface area contributed by atoms with E-state index in [9.17, 15) is 9.59 Å². The summed E-state index contributed by atoms with van der Waals surface area (Å²) in [5, 5.41) is 1.28. The molecule has 0 aliphatic carbocycles. The Balaban J connectivity index is 1.60. The molecule has 2 aromatic carbocycles. The van der Waals surface area contributed by atoms with Gasteiger partial charge in [-0.1, -0.05) is 36.4 Å². The maximum absolute atomic E-state index is 13.4. The average molecular weight is 391 g/mol. The second-order valence-electron chi connectivity index (χ2n) is 7.19. The topological polar surface area (TPSA) is 54.8 Å². The minimum Gasteiger partial charge on any atom is -0.383 e. The molecule has 1 amide bonds. The van der Waals surface area contributed by atoms with E-state index in [0.29, 0.717) is 42.6 Å². The van der Waals surface area contributed by atoms with Crippen LogP contribution in [0.4, 0.5) is 5.69 Å². The first-order chi connectivity index (χ1) is 14.2. The Morgan fingerprint density at radius 2 is 1.59 bits per heavy atom. The van der Waals surface area contributed by atoms with Crippen LogP contribution in [-0.2, 0) is 11.3 Å². The summed E-state index contributed by atoms with van der Waals surface area (Å²) in [7, 11) is 1.60. The maximum Gasteiger partial charge on any atom is 0.258 e. The number of carbonyl (C=O) groups is 1. The van der Waals surface area contributed by atoms with Crippen molar-refractivity contribution in [1.82, 2.24) is 9.47 Å². The summed E-state index contributed by atoms with van der Waals surface area (Å²) in [5.41, 5.74) is 1.66. The Hall–Kier alpha value is -3.12. The van der Waals surface area contributed by atoms with Crippen LogP contribution in [0.5, 0.6) is 0 Å². The molecule has 1 saturated heterocycles. The zero-order chi connectivity index (χ0) is 20.2. The van der Waals surface area contributed by atoms with Gasteiger partial charge in [0.25, 0.3) is 11.5 Å². The number of fused-ring (bicyclic) bond motifs is 1. The lowest BCUT2D eigenvalue weighted by molar-refractivity contribution is 0.0747. The van der Waals surface area contributed by atoms with Gasteiger partial charge in [0.15, 0.2) is 0 Å². The van der Waals surface area contributed by atoms with Crippen molar-refractivity contribution in [2.45, 2.75) is 6.54 Å². The normalized spacial score (nSPS) is 14.4. The van der Waals surface area contributed by atoms with Crippen molar-refractivity contribution in [3.8, 4) is 0 Å². The molecule has 1 fully saturated rings. The summed E-state index contributed by atoms with van der Waals surface area (Å²) in [6.45, 7) is 3.72. The minimum atomic E-state index is -0.0944. The van der Waals surface area contributed by atoms with E-state index in [0.717, 1.165) is 13.1 Å². The van der Waals surface area contributed by atoms with Crippen LogP contribution in [0.3, 0.4) is 0 Å². The molecule has 1 aromatic heterocycles. The number of carbonyl (C=O) groups excluding carboxylic acids is 1. The molecule has 4 rings (SSSR count). The van der Waals surface area contributed by atoms with Crippen LogP contribution in [0.25, 0.3) is 10.8 Å². The van der Waals surface area contributed by atoms with E-state index in [1.807, 2.05) is 41.3 Å². The summed E-state index contributed by atoms with van der Waals surface area (Å²) >= 11 is 0. The SMILES string of the molecule is COCCn1cc(C(=O)N2CCN(c3ccccc3)CC2)c2ccccc2c1=O. The number of ether oxygens (including phenoxy) is 1. The van der Waals surface area contributed by atoms with Gasteiger partial charge < -0.3 is 19.1 Å². The lowest BCUT2D eigenvalue weighted by Crippen LogP contribution is -2.49. The first kappa shape index (κ1) is 19.2. The number of methoxy groups -OCH3 is 1. The van der Waals surface area contributed by atoms with Gasteiger partial charge in [0.05, 0.1) is 12.2 Å². The summed E-state index contributed by atoms with van der Waals surface area (Å²) < 4.78 is 6.71. The van der Waals surface area contributed by atoms with Crippen molar-refractivity contribution in [2.24, 2.45) is 0 Å². The number of amides is 1. The monoisotopic (exact) mass is 391 g/mol. The van der Waals surface area contributed by atoms with Gasteiger partial charge in [-0.2, -0.15) is 0 Å². The van der Waals surface area contributed by atoms with E-state index in [1.165, 1.54) is 5.69 Å². The number of para-hydroxylation sites is 1. The van der Waals surface area contributed by atoms with Gasteiger partial charge in [-0.25, -0.2) is 0 Å². The van der Waals surface area contributed by atoms with E-state index in [4.69, 9.17) is 4.74 Å². The summed E-state index contributed by atoms with van der Waals surface area (Å²) in [6.07, 6.45) is 1.69. The average Bonchev–Trinajstić information content (AvgIpc) is 2.79. The van der Waals surface area contributed by atoms with Gasteiger partial charge in [-0.05, 0) is 18.2 Å². The van der Waals surface area contributed by atoms with Crippen molar-refractivity contribution >= 4 is 22.4 Å². The lowest BCUT2D eigenvalue weighted by atomic mass is 10.1. The molecular weight excluding hydrogens is 366 g/mol. The fourth-order valence-corrected chi connectivity index (χ4v) is 3.85. The molecule has 0 saturated carbocycles. The zero-order valence-corrected chi connectivity index (χ0v) is 16.6. The fourth-order valence-electron chi connectivity index (χ4n) is 3.85.